The van der Waals surface area contributed by atoms with E-state index in [1.165, 1.54) is 12.1 Å². The van der Waals surface area contributed by atoms with Crippen molar-refractivity contribution in [2.45, 2.75) is 5.92 Å². The standard InChI is InChI=1S/C9H10N4O3/c10-12-11-5-8(6-14)7-1-3-9(4-2-7)13(15)16/h1-4,8,14H,5-6H2/t8-/m1/s1. The van der Waals surface area contributed by atoms with Crippen molar-refractivity contribution in [1.82, 2.24) is 0 Å². The smallest absolute Gasteiger partial charge is 0.269 e. The van der Waals surface area contributed by atoms with Gasteiger partial charge in [-0.25, -0.2) is 0 Å². The van der Waals surface area contributed by atoms with E-state index < -0.39 is 4.92 Å². The number of aliphatic hydroxyl groups is 1. The van der Waals surface area contributed by atoms with E-state index in [4.69, 9.17) is 10.6 Å². The molecule has 0 radical (unpaired) electrons. The van der Waals surface area contributed by atoms with Crippen LogP contribution in [0.25, 0.3) is 10.4 Å². The summed E-state index contributed by atoms with van der Waals surface area (Å²) in [7, 11) is 0. The van der Waals surface area contributed by atoms with E-state index in [0.29, 0.717) is 5.56 Å². The molecule has 0 bridgehead atoms. The highest BCUT2D eigenvalue weighted by atomic mass is 16.6. The molecule has 7 heteroatoms. The Hall–Kier alpha value is -2.11. The third kappa shape index (κ3) is 2.94. The Morgan fingerprint density at radius 1 is 1.50 bits per heavy atom. The van der Waals surface area contributed by atoms with Crippen LogP contribution < -0.4 is 0 Å². The molecule has 0 aliphatic carbocycles. The summed E-state index contributed by atoms with van der Waals surface area (Å²) in [5, 5.41) is 22.8. The Bertz CT molecular complexity index is 411. The third-order valence-electron chi connectivity index (χ3n) is 2.16. The maximum absolute atomic E-state index is 10.4. The monoisotopic (exact) mass is 222 g/mol. The highest BCUT2D eigenvalue weighted by Crippen LogP contribution is 2.19. The van der Waals surface area contributed by atoms with Crippen LogP contribution in [-0.4, -0.2) is 23.2 Å². The minimum Gasteiger partial charge on any atom is -0.396 e. The Balaban J connectivity index is 2.85. The van der Waals surface area contributed by atoms with Gasteiger partial charge in [-0.15, -0.1) is 0 Å². The van der Waals surface area contributed by atoms with Crippen molar-refractivity contribution in [2.24, 2.45) is 5.11 Å². The van der Waals surface area contributed by atoms with Crippen molar-refractivity contribution >= 4 is 5.69 Å². The van der Waals surface area contributed by atoms with Crippen LogP contribution in [0.2, 0.25) is 0 Å². The average Bonchev–Trinajstić information content (AvgIpc) is 2.30. The molecular formula is C9H10N4O3. The van der Waals surface area contributed by atoms with Crippen molar-refractivity contribution in [2.75, 3.05) is 13.2 Å². The molecule has 0 unspecified atom stereocenters. The number of nitro groups is 1. The lowest BCUT2D eigenvalue weighted by molar-refractivity contribution is -0.384. The average molecular weight is 222 g/mol. The molecule has 1 rings (SSSR count). The molecule has 1 atom stereocenters. The summed E-state index contributed by atoms with van der Waals surface area (Å²) in [6, 6.07) is 5.81. The van der Waals surface area contributed by atoms with E-state index in [1.54, 1.807) is 12.1 Å². The first-order chi connectivity index (χ1) is 7.69. The van der Waals surface area contributed by atoms with Gasteiger partial charge in [0.1, 0.15) is 0 Å². The third-order valence-corrected chi connectivity index (χ3v) is 2.16. The minimum atomic E-state index is -0.495. The van der Waals surface area contributed by atoms with E-state index in [0.717, 1.165) is 0 Å². The lowest BCUT2D eigenvalue weighted by Crippen LogP contribution is -2.07. The van der Waals surface area contributed by atoms with Gasteiger partial charge in [-0.2, -0.15) is 0 Å². The zero-order valence-corrected chi connectivity index (χ0v) is 8.35. The van der Waals surface area contributed by atoms with Crippen LogP contribution in [0.5, 0.6) is 0 Å². The Morgan fingerprint density at radius 2 is 2.12 bits per heavy atom. The SMILES string of the molecule is [N-]=[N+]=NC[C@H](CO)c1ccc([N+](=O)[O-])cc1. The number of aliphatic hydroxyl groups excluding tert-OH is 1. The van der Waals surface area contributed by atoms with Gasteiger partial charge in [-0.05, 0) is 11.1 Å². The summed E-state index contributed by atoms with van der Waals surface area (Å²) in [5.41, 5.74) is 8.86. The molecule has 0 aliphatic heterocycles. The predicted molar refractivity (Wildman–Crippen MR) is 56.9 cm³/mol. The van der Waals surface area contributed by atoms with Gasteiger partial charge < -0.3 is 5.11 Å². The summed E-state index contributed by atoms with van der Waals surface area (Å²) in [5.74, 6) is -0.322. The molecule has 0 spiro atoms. The molecule has 1 aromatic rings. The van der Waals surface area contributed by atoms with Crippen LogP contribution in [0.3, 0.4) is 0 Å². The van der Waals surface area contributed by atoms with Gasteiger partial charge in [-0.3, -0.25) is 10.1 Å². The van der Waals surface area contributed by atoms with Gasteiger partial charge in [0.2, 0.25) is 0 Å². The molecule has 0 heterocycles. The molecule has 7 nitrogen and oxygen atoms in total. The number of benzene rings is 1. The number of non-ortho nitro benzene ring substituents is 1. The zero-order chi connectivity index (χ0) is 12.0. The second-order valence-electron chi connectivity index (χ2n) is 3.14. The van der Waals surface area contributed by atoms with Crippen LogP contribution in [0.4, 0.5) is 5.69 Å². The first-order valence-electron chi connectivity index (χ1n) is 4.55. The Labute approximate surface area is 91.1 Å². The van der Waals surface area contributed by atoms with Crippen molar-refractivity contribution in [1.29, 1.82) is 0 Å². The fraction of sp³-hybridized carbons (Fsp3) is 0.333. The zero-order valence-electron chi connectivity index (χ0n) is 8.35. The van der Waals surface area contributed by atoms with E-state index in [1.807, 2.05) is 0 Å². The van der Waals surface area contributed by atoms with Crippen molar-refractivity contribution in [3.8, 4) is 0 Å². The van der Waals surface area contributed by atoms with Crippen molar-refractivity contribution < 1.29 is 10.0 Å². The first kappa shape index (κ1) is 12.0. The molecule has 16 heavy (non-hydrogen) atoms. The summed E-state index contributed by atoms with van der Waals surface area (Å²) in [6.07, 6.45) is 0. The molecule has 0 fully saturated rings. The topological polar surface area (TPSA) is 112 Å². The van der Waals surface area contributed by atoms with Gasteiger partial charge in [0.05, 0.1) is 11.5 Å². The quantitative estimate of drug-likeness (QED) is 0.270. The molecule has 0 aliphatic rings. The highest BCUT2D eigenvalue weighted by Gasteiger charge is 2.11. The summed E-state index contributed by atoms with van der Waals surface area (Å²) >= 11 is 0. The number of azide groups is 1. The number of hydrogen-bond donors (Lipinski definition) is 1. The van der Waals surface area contributed by atoms with Gasteiger partial charge in [0.25, 0.3) is 5.69 Å². The maximum Gasteiger partial charge on any atom is 0.269 e. The maximum atomic E-state index is 10.4. The first-order valence-corrected chi connectivity index (χ1v) is 4.55. The van der Waals surface area contributed by atoms with Gasteiger partial charge in [-0.1, -0.05) is 17.2 Å². The molecule has 1 N–H and O–H groups in total. The summed E-state index contributed by atoms with van der Waals surface area (Å²) in [4.78, 5) is 12.5. The normalized spacial score (nSPS) is 11.6. The molecule has 0 saturated heterocycles. The lowest BCUT2D eigenvalue weighted by atomic mass is 10.00. The Morgan fingerprint density at radius 3 is 2.56 bits per heavy atom. The number of nitro benzene ring substituents is 1. The van der Waals surface area contributed by atoms with Crippen LogP contribution in [0, 0.1) is 10.1 Å². The molecular weight excluding hydrogens is 212 g/mol. The molecule has 1 aromatic carbocycles. The second kappa shape index (κ2) is 5.69. The molecule has 84 valence electrons. The van der Waals surface area contributed by atoms with Gasteiger partial charge >= 0.3 is 0 Å². The van der Waals surface area contributed by atoms with Gasteiger partial charge in [0.15, 0.2) is 0 Å². The van der Waals surface area contributed by atoms with Crippen molar-refractivity contribution in [3.63, 3.8) is 0 Å². The van der Waals surface area contributed by atoms with Crippen LogP contribution in [0.1, 0.15) is 11.5 Å². The molecule has 0 aromatic heterocycles. The van der Waals surface area contributed by atoms with E-state index in [9.17, 15) is 10.1 Å². The molecule has 0 amide bonds. The van der Waals surface area contributed by atoms with E-state index in [-0.39, 0.29) is 24.8 Å². The highest BCUT2D eigenvalue weighted by molar-refractivity contribution is 5.34. The molecule has 0 saturated carbocycles. The second-order valence-corrected chi connectivity index (χ2v) is 3.14. The van der Waals surface area contributed by atoms with Crippen molar-refractivity contribution in [3.05, 3.63) is 50.4 Å². The number of nitrogens with zero attached hydrogens (tertiary/aromatic N) is 4. The van der Waals surface area contributed by atoms with E-state index >= 15 is 0 Å². The summed E-state index contributed by atoms with van der Waals surface area (Å²) < 4.78 is 0. The predicted octanol–water partition coefficient (Wildman–Crippen LogP) is 1.98. The fourth-order valence-electron chi connectivity index (χ4n) is 1.27. The van der Waals surface area contributed by atoms with Crippen LogP contribution in [0.15, 0.2) is 29.4 Å². The lowest BCUT2D eigenvalue weighted by Gasteiger charge is -2.10. The number of hydrogen-bond acceptors (Lipinski definition) is 4. The van der Waals surface area contributed by atoms with Crippen LogP contribution >= 0.6 is 0 Å². The fourth-order valence-corrected chi connectivity index (χ4v) is 1.27. The van der Waals surface area contributed by atoms with Gasteiger partial charge in [0, 0.05) is 29.5 Å². The van der Waals surface area contributed by atoms with Crippen LogP contribution in [-0.2, 0) is 0 Å². The minimum absolute atomic E-state index is 0.00998. The Kier molecular flexibility index (Phi) is 4.26. The van der Waals surface area contributed by atoms with E-state index in [2.05, 4.69) is 10.0 Å². The largest absolute Gasteiger partial charge is 0.396 e. The number of rotatable bonds is 5. The summed E-state index contributed by atoms with van der Waals surface area (Å²) in [6.45, 7) is -0.0400.